The summed E-state index contributed by atoms with van der Waals surface area (Å²) >= 11 is 0. The number of amides is 1. The summed E-state index contributed by atoms with van der Waals surface area (Å²) in [6.07, 6.45) is 5.28. The monoisotopic (exact) mass is 611 g/mol. The highest BCUT2D eigenvalue weighted by atomic mass is 19.2. The number of aryl methyl sites for hydroxylation is 1. The van der Waals surface area contributed by atoms with Gasteiger partial charge in [0.05, 0.1) is 17.6 Å². The third-order valence-corrected chi connectivity index (χ3v) is 8.52. The quantitative estimate of drug-likeness (QED) is 0.263. The molecule has 2 aromatic carbocycles. The molecule has 1 saturated heterocycles. The average molecular weight is 612 g/mol. The molecular weight excluding hydrogens is 576 g/mol. The molecule has 1 amide bonds. The van der Waals surface area contributed by atoms with Gasteiger partial charge in [0, 0.05) is 63.1 Å². The number of hydrogen-bond donors (Lipinski definition) is 1. The number of fused-ring (bicyclic) bond motifs is 1. The number of anilines is 1. The van der Waals surface area contributed by atoms with E-state index in [1.807, 2.05) is 19.2 Å². The van der Waals surface area contributed by atoms with Crippen LogP contribution in [0.3, 0.4) is 0 Å². The van der Waals surface area contributed by atoms with Crippen LogP contribution in [0.5, 0.6) is 0 Å². The predicted octanol–water partition coefficient (Wildman–Crippen LogP) is 5.09. The molecule has 3 aromatic heterocycles. The minimum atomic E-state index is -0.919. The summed E-state index contributed by atoms with van der Waals surface area (Å²) in [5.74, 6) is -1.36. The van der Waals surface area contributed by atoms with Gasteiger partial charge in [-0.15, -0.1) is 0 Å². The highest BCUT2D eigenvalue weighted by Crippen LogP contribution is 2.30. The molecule has 1 aliphatic rings. The summed E-state index contributed by atoms with van der Waals surface area (Å²) in [5.41, 5.74) is 5.15. The molecule has 4 heterocycles. The first kappa shape index (κ1) is 30.1. The van der Waals surface area contributed by atoms with Crippen LogP contribution in [0.15, 0.2) is 77.9 Å². The van der Waals surface area contributed by atoms with E-state index in [0.717, 1.165) is 61.3 Å². The Bertz CT molecular complexity index is 1910. The van der Waals surface area contributed by atoms with Crippen LogP contribution in [0.25, 0.3) is 16.7 Å². The first-order valence-electron chi connectivity index (χ1n) is 14.9. The van der Waals surface area contributed by atoms with Crippen LogP contribution in [0.4, 0.5) is 14.5 Å². The maximum Gasteiger partial charge on any atom is 0.273 e. The number of rotatable bonds is 8. The van der Waals surface area contributed by atoms with Gasteiger partial charge >= 0.3 is 0 Å². The zero-order valence-electron chi connectivity index (χ0n) is 25.5. The van der Waals surface area contributed by atoms with Crippen LogP contribution in [0.2, 0.25) is 0 Å². The second-order valence-electron chi connectivity index (χ2n) is 11.7. The number of carbonyl (C=O) groups excluding carboxylic acids is 1. The Hall–Kier alpha value is -4.90. The first-order valence-corrected chi connectivity index (χ1v) is 14.9. The van der Waals surface area contributed by atoms with E-state index in [2.05, 4.69) is 43.1 Å². The molecule has 1 N–H and O–H groups in total. The van der Waals surface area contributed by atoms with Crippen molar-refractivity contribution in [3.8, 4) is 5.69 Å². The lowest BCUT2D eigenvalue weighted by molar-refractivity contribution is 0.0827. The molecule has 0 saturated carbocycles. The summed E-state index contributed by atoms with van der Waals surface area (Å²) in [4.78, 5) is 34.0. The number of nitrogens with one attached hydrogen (secondary N) is 1. The van der Waals surface area contributed by atoms with Gasteiger partial charge in [0.15, 0.2) is 11.6 Å². The lowest BCUT2D eigenvalue weighted by atomic mass is 9.89. The molecule has 9 nitrogen and oxygen atoms in total. The summed E-state index contributed by atoms with van der Waals surface area (Å²) in [6.45, 7) is 2.87. The van der Waals surface area contributed by atoms with Gasteiger partial charge in [-0.25, -0.2) is 13.8 Å². The second-order valence-corrected chi connectivity index (χ2v) is 11.7. The fourth-order valence-electron chi connectivity index (χ4n) is 5.94. The van der Waals surface area contributed by atoms with E-state index in [1.54, 1.807) is 31.3 Å². The molecule has 0 unspecified atom stereocenters. The normalized spacial score (nSPS) is 14.2. The molecule has 6 rings (SSSR count). The third kappa shape index (κ3) is 6.34. The van der Waals surface area contributed by atoms with Gasteiger partial charge in [-0.2, -0.15) is 9.78 Å². The topological polar surface area (TPSA) is 88.3 Å². The summed E-state index contributed by atoms with van der Waals surface area (Å²) in [6, 6.07) is 17.0. The number of carbonyl (C=O) groups is 1. The Kier molecular flexibility index (Phi) is 8.44. The highest BCUT2D eigenvalue weighted by Gasteiger charge is 2.23. The van der Waals surface area contributed by atoms with Gasteiger partial charge in [-0.3, -0.25) is 14.5 Å². The van der Waals surface area contributed by atoms with Gasteiger partial charge < -0.3 is 14.8 Å². The van der Waals surface area contributed by atoms with Gasteiger partial charge in [-0.1, -0.05) is 18.2 Å². The van der Waals surface area contributed by atoms with Crippen molar-refractivity contribution in [1.29, 1.82) is 0 Å². The number of halogens is 2. The van der Waals surface area contributed by atoms with Crippen LogP contribution in [0, 0.1) is 11.6 Å². The number of hydrogen-bond acceptors (Lipinski definition) is 6. The van der Waals surface area contributed by atoms with Crippen molar-refractivity contribution in [2.24, 2.45) is 7.05 Å². The van der Waals surface area contributed by atoms with Crippen LogP contribution < -0.4 is 10.9 Å². The third-order valence-electron chi connectivity index (χ3n) is 8.52. The number of benzene rings is 2. The number of nitrogens with zero attached hydrogens (tertiary/aromatic N) is 6. The molecule has 0 bridgehead atoms. The number of piperidine rings is 1. The minimum absolute atomic E-state index is 0.0102. The van der Waals surface area contributed by atoms with E-state index < -0.39 is 11.6 Å². The SMILES string of the molecule is CN(C)C(=O)c1ccc(C2CCN(Cc3cc4c(-n5ncc(NCc6ccc(F)c(F)c6)cc5=O)ccnc4n3C)CC2)cc1. The van der Waals surface area contributed by atoms with Gasteiger partial charge in [0.2, 0.25) is 0 Å². The number of aromatic nitrogens is 4. The van der Waals surface area contributed by atoms with Crippen molar-refractivity contribution >= 4 is 22.6 Å². The van der Waals surface area contributed by atoms with E-state index in [9.17, 15) is 18.4 Å². The Labute approximate surface area is 259 Å². The molecule has 0 atom stereocenters. The van der Waals surface area contributed by atoms with Crippen LogP contribution >= 0.6 is 0 Å². The lowest BCUT2D eigenvalue weighted by Gasteiger charge is -2.32. The van der Waals surface area contributed by atoms with E-state index in [0.29, 0.717) is 28.4 Å². The van der Waals surface area contributed by atoms with Crippen LogP contribution in [-0.2, 0) is 20.1 Å². The van der Waals surface area contributed by atoms with Gasteiger partial charge in [-0.05, 0) is 79.4 Å². The van der Waals surface area contributed by atoms with Crippen LogP contribution in [-0.4, -0.2) is 62.2 Å². The number of likely N-dealkylation sites (tertiary alicyclic amines) is 1. The smallest absolute Gasteiger partial charge is 0.273 e. The van der Waals surface area contributed by atoms with Crippen molar-refractivity contribution in [3.63, 3.8) is 0 Å². The Balaban J connectivity index is 1.13. The highest BCUT2D eigenvalue weighted by molar-refractivity contribution is 5.93. The van der Waals surface area contributed by atoms with Crippen molar-refractivity contribution < 1.29 is 13.6 Å². The fraction of sp³-hybridized carbons (Fsp3) is 0.294. The van der Waals surface area contributed by atoms with Crippen molar-refractivity contribution in [2.45, 2.75) is 31.8 Å². The van der Waals surface area contributed by atoms with Crippen LogP contribution in [0.1, 0.15) is 45.9 Å². The Morgan fingerprint density at radius 2 is 1.76 bits per heavy atom. The largest absolute Gasteiger partial charge is 0.380 e. The fourth-order valence-corrected chi connectivity index (χ4v) is 5.94. The van der Waals surface area contributed by atoms with E-state index in [-0.39, 0.29) is 18.0 Å². The van der Waals surface area contributed by atoms with Crippen molar-refractivity contribution in [1.82, 2.24) is 29.1 Å². The van der Waals surface area contributed by atoms with E-state index in [4.69, 9.17) is 0 Å². The zero-order valence-corrected chi connectivity index (χ0v) is 25.5. The first-order chi connectivity index (χ1) is 21.7. The summed E-state index contributed by atoms with van der Waals surface area (Å²) < 4.78 is 30.2. The molecule has 0 aliphatic carbocycles. The Morgan fingerprint density at radius 1 is 1.00 bits per heavy atom. The molecule has 232 valence electrons. The maximum absolute atomic E-state index is 13.5. The summed E-state index contributed by atoms with van der Waals surface area (Å²) in [5, 5.41) is 8.27. The average Bonchev–Trinajstić information content (AvgIpc) is 3.36. The molecule has 1 aliphatic heterocycles. The molecule has 0 radical (unpaired) electrons. The second kappa shape index (κ2) is 12.6. The zero-order chi connectivity index (χ0) is 31.7. The van der Waals surface area contributed by atoms with Gasteiger partial charge in [0.1, 0.15) is 5.65 Å². The molecule has 1 fully saturated rings. The van der Waals surface area contributed by atoms with Crippen molar-refractivity contribution in [3.05, 3.63) is 117 Å². The standard InChI is InChI=1S/C34H35F2N7O2/c1-40(2)34(45)25-7-5-23(6-8-25)24-11-14-42(15-12-24)21-27-18-28-31(10-13-37-33(28)41(27)3)43-32(44)17-26(20-39-43)38-19-22-4-9-29(35)30(36)16-22/h4-10,13,16-18,20,24,38H,11-12,14-15,19,21H2,1-3H3. The number of pyridine rings is 1. The minimum Gasteiger partial charge on any atom is -0.380 e. The predicted molar refractivity (Wildman–Crippen MR) is 170 cm³/mol. The molecule has 5 aromatic rings. The molecular formula is C34H35F2N7O2. The maximum atomic E-state index is 13.5. The lowest BCUT2D eigenvalue weighted by Crippen LogP contribution is -2.33. The van der Waals surface area contributed by atoms with Gasteiger partial charge in [0.25, 0.3) is 11.5 Å². The summed E-state index contributed by atoms with van der Waals surface area (Å²) in [7, 11) is 5.51. The van der Waals surface area contributed by atoms with E-state index >= 15 is 0 Å². The molecule has 11 heteroatoms. The molecule has 0 spiro atoms. The van der Waals surface area contributed by atoms with E-state index in [1.165, 1.54) is 28.6 Å². The van der Waals surface area contributed by atoms with Crippen molar-refractivity contribution in [2.75, 3.05) is 32.5 Å². The molecule has 45 heavy (non-hydrogen) atoms. The Morgan fingerprint density at radius 3 is 2.44 bits per heavy atom.